The van der Waals surface area contributed by atoms with Gasteiger partial charge in [0.15, 0.2) is 0 Å². The number of hydrogen-bond donors (Lipinski definition) is 0. The Morgan fingerprint density at radius 1 is 0.800 bits per heavy atom. The second kappa shape index (κ2) is 5.89. The van der Waals surface area contributed by atoms with Crippen LogP contribution in [0.15, 0.2) is 85.5 Å². The first-order valence-electron chi connectivity index (χ1n) is 6.90. The van der Waals surface area contributed by atoms with Gasteiger partial charge in [-0.25, -0.2) is 0 Å². The lowest BCUT2D eigenvalue weighted by atomic mass is 10.1. The van der Waals surface area contributed by atoms with Crippen molar-refractivity contribution in [1.82, 2.24) is 0 Å². The minimum Gasteiger partial charge on any atom is -0.103 e. The fourth-order valence-corrected chi connectivity index (χ4v) is 5.16. The Bertz CT molecular complexity index is 711. The van der Waals surface area contributed by atoms with Crippen LogP contribution in [0, 0.1) is 0 Å². The molecule has 0 saturated carbocycles. The molecule has 0 aromatic heterocycles. The van der Waals surface area contributed by atoms with Crippen molar-refractivity contribution in [2.75, 3.05) is 0 Å². The third-order valence-electron chi connectivity index (χ3n) is 3.59. The summed E-state index contributed by atoms with van der Waals surface area (Å²) in [4.78, 5) is 0. The molecule has 97 valence electrons. The maximum absolute atomic E-state index is 3.96. The summed E-state index contributed by atoms with van der Waals surface area (Å²) >= 11 is 0. The van der Waals surface area contributed by atoms with Crippen LogP contribution in [0.1, 0.15) is 0 Å². The molecule has 0 aliphatic rings. The first kappa shape index (κ1) is 12.9. The monoisotopic (exact) mass is 273 g/mol. The van der Waals surface area contributed by atoms with Crippen LogP contribution < -0.4 is 10.4 Å². The van der Waals surface area contributed by atoms with Gasteiger partial charge in [0.1, 0.15) is 8.80 Å². The molecule has 0 spiro atoms. The fourth-order valence-electron chi connectivity index (χ4n) is 2.66. The lowest BCUT2D eigenvalue weighted by Crippen LogP contribution is -2.41. The van der Waals surface area contributed by atoms with Crippen LogP contribution in [0.3, 0.4) is 0 Å². The maximum atomic E-state index is 3.96. The summed E-state index contributed by atoms with van der Waals surface area (Å²) in [5.41, 5.74) is 0. The SMILES string of the molecule is C=CC[Si](c1ccccc1)c1cccc2ccccc12. The van der Waals surface area contributed by atoms with E-state index in [1.165, 1.54) is 21.1 Å². The van der Waals surface area contributed by atoms with Crippen LogP contribution in [0.4, 0.5) is 0 Å². The highest BCUT2D eigenvalue weighted by Crippen LogP contribution is 2.13. The van der Waals surface area contributed by atoms with Gasteiger partial charge in [0.05, 0.1) is 0 Å². The van der Waals surface area contributed by atoms with E-state index in [1.807, 2.05) is 0 Å². The number of fused-ring (bicyclic) bond motifs is 1. The third kappa shape index (κ3) is 2.45. The zero-order valence-electron chi connectivity index (χ0n) is 11.4. The van der Waals surface area contributed by atoms with Gasteiger partial charge < -0.3 is 0 Å². The van der Waals surface area contributed by atoms with Crippen LogP contribution in [-0.2, 0) is 0 Å². The molecule has 3 aromatic rings. The lowest BCUT2D eigenvalue weighted by Gasteiger charge is -2.16. The highest BCUT2D eigenvalue weighted by Gasteiger charge is 2.17. The molecule has 0 aliphatic heterocycles. The zero-order valence-corrected chi connectivity index (χ0v) is 12.4. The molecular weight excluding hydrogens is 256 g/mol. The summed E-state index contributed by atoms with van der Waals surface area (Å²) in [6.45, 7) is 3.96. The van der Waals surface area contributed by atoms with Gasteiger partial charge in [-0.05, 0) is 22.0 Å². The smallest absolute Gasteiger partial charge is 0.103 e. The van der Waals surface area contributed by atoms with Gasteiger partial charge >= 0.3 is 0 Å². The van der Waals surface area contributed by atoms with Crippen molar-refractivity contribution in [2.45, 2.75) is 6.04 Å². The summed E-state index contributed by atoms with van der Waals surface area (Å²) in [5.74, 6) is 0. The summed E-state index contributed by atoms with van der Waals surface area (Å²) in [5, 5.41) is 5.65. The normalized spacial score (nSPS) is 10.8. The fraction of sp³-hybridized carbons (Fsp3) is 0.0526. The highest BCUT2D eigenvalue weighted by atomic mass is 28.3. The molecule has 0 amide bonds. The first-order valence-corrected chi connectivity index (χ1v) is 8.61. The Labute approximate surface area is 122 Å². The number of hydrogen-bond acceptors (Lipinski definition) is 0. The van der Waals surface area contributed by atoms with Crippen LogP contribution in [0.5, 0.6) is 0 Å². The molecule has 0 nitrogen and oxygen atoms in total. The molecule has 3 aromatic carbocycles. The molecule has 3 rings (SSSR count). The van der Waals surface area contributed by atoms with Gasteiger partial charge in [-0.3, -0.25) is 0 Å². The van der Waals surface area contributed by atoms with Crippen molar-refractivity contribution in [3.8, 4) is 0 Å². The second-order valence-electron chi connectivity index (χ2n) is 4.86. The topological polar surface area (TPSA) is 0 Å². The third-order valence-corrected chi connectivity index (χ3v) is 6.40. The average molecular weight is 273 g/mol. The molecule has 0 aliphatic carbocycles. The highest BCUT2D eigenvalue weighted by molar-refractivity contribution is 6.87. The van der Waals surface area contributed by atoms with Crippen LogP contribution >= 0.6 is 0 Å². The van der Waals surface area contributed by atoms with Gasteiger partial charge in [0.2, 0.25) is 0 Å². The Morgan fingerprint density at radius 3 is 2.30 bits per heavy atom. The largest absolute Gasteiger partial charge is 0.126 e. The lowest BCUT2D eigenvalue weighted by molar-refractivity contribution is 1.65. The van der Waals surface area contributed by atoms with E-state index in [-0.39, 0.29) is 0 Å². The molecule has 0 atom stereocenters. The Balaban J connectivity index is 2.17. The Kier molecular flexibility index (Phi) is 3.80. The molecule has 0 N–H and O–H groups in total. The van der Waals surface area contributed by atoms with Crippen molar-refractivity contribution in [2.24, 2.45) is 0 Å². The standard InChI is InChI=1S/C19H17Si/c1-2-15-20(17-11-4-3-5-12-17)19-14-8-10-16-9-6-7-13-18(16)19/h2-14H,1,15H2. The minimum atomic E-state index is -0.794. The number of rotatable bonds is 4. The second-order valence-corrected chi connectivity index (χ2v) is 7.35. The predicted octanol–water partition coefficient (Wildman–Crippen LogP) is 3.63. The Morgan fingerprint density at radius 2 is 1.50 bits per heavy atom. The predicted molar refractivity (Wildman–Crippen MR) is 90.4 cm³/mol. The van der Waals surface area contributed by atoms with E-state index in [9.17, 15) is 0 Å². The van der Waals surface area contributed by atoms with Crippen molar-refractivity contribution in [1.29, 1.82) is 0 Å². The molecule has 1 heteroatoms. The van der Waals surface area contributed by atoms with E-state index < -0.39 is 8.80 Å². The summed E-state index contributed by atoms with van der Waals surface area (Å²) < 4.78 is 0. The summed E-state index contributed by atoms with van der Waals surface area (Å²) in [7, 11) is -0.794. The summed E-state index contributed by atoms with van der Waals surface area (Å²) in [6, 6.07) is 27.2. The van der Waals surface area contributed by atoms with E-state index >= 15 is 0 Å². The zero-order chi connectivity index (χ0) is 13.8. The van der Waals surface area contributed by atoms with Gasteiger partial charge in [-0.15, -0.1) is 6.58 Å². The van der Waals surface area contributed by atoms with Gasteiger partial charge in [-0.1, -0.05) is 84.1 Å². The van der Waals surface area contributed by atoms with Crippen molar-refractivity contribution >= 4 is 29.9 Å². The molecule has 0 saturated heterocycles. The van der Waals surface area contributed by atoms with Crippen molar-refractivity contribution in [3.63, 3.8) is 0 Å². The number of benzene rings is 3. The molecule has 1 radical (unpaired) electrons. The molecular formula is C19H17Si. The quantitative estimate of drug-likeness (QED) is 0.503. The molecule has 0 bridgehead atoms. The van der Waals surface area contributed by atoms with E-state index in [0.717, 1.165) is 6.04 Å². The first-order chi connectivity index (χ1) is 9.90. The molecule has 20 heavy (non-hydrogen) atoms. The Hall–Kier alpha value is -2.12. The molecule has 0 fully saturated rings. The molecule has 0 heterocycles. The van der Waals surface area contributed by atoms with Crippen LogP contribution in [0.25, 0.3) is 10.8 Å². The van der Waals surface area contributed by atoms with Crippen molar-refractivity contribution < 1.29 is 0 Å². The van der Waals surface area contributed by atoms with Gasteiger partial charge in [0, 0.05) is 0 Å². The number of allylic oxidation sites excluding steroid dienone is 1. The average Bonchev–Trinajstić information content (AvgIpc) is 2.53. The van der Waals surface area contributed by atoms with E-state index in [2.05, 4.69) is 85.5 Å². The van der Waals surface area contributed by atoms with Crippen LogP contribution in [0.2, 0.25) is 6.04 Å². The van der Waals surface area contributed by atoms with Gasteiger partial charge in [-0.2, -0.15) is 0 Å². The minimum absolute atomic E-state index is 0.794. The van der Waals surface area contributed by atoms with Crippen LogP contribution in [-0.4, -0.2) is 8.80 Å². The van der Waals surface area contributed by atoms with Gasteiger partial charge in [0.25, 0.3) is 0 Å². The summed E-state index contributed by atoms with van der Waals surface area (Å²) in [6.07, 6.45) is 2.06. The maximum Gasteiger partial charge on any atom is 0.126 e. The van der Waals surface area contributed by atoms with E-state index in [1.54, 1.807) is 0 Å². The van der Waals surface area contributed by atoms with Crippen molar-refractivity contribution in [3.05, 3.63) is 85.5 Å². The van der Waals surface area contributed by atoms with E-state index in [0.29, 0.717) is 0 Å². The molecule has 0 unspecified atom stereocenters. The van der Waals surface area contributed by atoms with E-state index in [4.69, 9.17) is 0 Å².